The Labute approximate surface area is 107 Å². The SMILES string of the molecule is CC(=O)C1CCCN(c2c(C#N)c(C)nn2C)C1. The number of hydrogen-bond acceptors (Lipinski definition) is 4. The van der Waals surface area contributed by atoms with E-state index in [9.17, 15) is 10.1 Å². The normalized spacial score (nSPS) is 19.7. The molecule has 5 heteroatoms. The third kappa shape index (κ3) is 2.10. The Morgan fingerprint density at radius 2 is 2.28 bits per heavy atom. The van der Waals surface area contributed by atoms with Crippen LogP contribution in [-0.4, -0.2) is 28.7 Å². The Kier molecular flexibility index (Phi) is 3.37. The number of ketones is 1. The number of hydrogen-bond donors (Lipinski definition) is 0. The predicted molar refractivity (Wildman–Crippen MR) is 68.3 cm³/mol. The summed E-state index contributed by atoms with van der Waals surface area (Å²) in [7, 11) is 1.85. The zero-order valence-corrected chi connectivity index (χ0v) is 11.1. The van der Waals surface area contributed by atoms with Gasteiger partial charge in [0.15, 0.2) is 0 Å². The van der Waals surface area contributed by atoms with Crippen molar-refractivity contribution in [3.05, 3.63) is 11.3 Å². The number of anilines is 1. The summed E-state index contributed by atoms with van der Waals surface area (Å²) in [5.41, 5.74) is 1.38. The summed E-state index contributed by atoms with van der Waals surface area (Å²) in [6.45, 7) is 5.07. The van der Waals surface area contributed by atoms with Gasteiger partial charge in [-0.05, 0) is 26.7 Å². The third-order valence-corrected chi connectivity index (χ3v) is 3.60. The van der Waals surface area contributed by atoms with Crippen LogP contribution in [-0.2, 0) is 11.8 Å². The molecule has 1 aromatic heterocycles. The van der Waals surface area contributed by atoms with Crippen molar-refractivity contribution >= 4 is 11.6 Å². The number of carbonyl (C=O) groups is 1. The molecule has 1 aliphatic rings. The van der Waals surface area contributed by atoms with Crippen LogP contribution in [0.25, 0.3) is 0 Å². The molecule has 1 atom stereocenters. The van der Waals surface area contributed by atoms with Gasteiger partial charge in [0.25, 0.3) is 0 Å². The minimum Gasteiger partial charge on any atom is -0.355 e. The first kappa shape index (κ1) is 12.6. The zero-order chi connectivity index (χ0) is 13.3. The van der Waals surface area contributed by atoms with Crippen LogP contribution >= 0.6 is 0 Å². The van der Waals surface area contributed by atoms with E-state index in [0.29, 0.717) is 12.1 Å². The summed E-state index contributed by atoms with van der Waals surface area (Å²) in [5.74, 6) is 1.17. The van der Waals surface area contributed by atoms with E-state index in [1.54, 1.807) is 11.6 Å². The smallest absolute Gasteiger partial charge is 0.144 e. The zero-order valence-electron chi connectivity index (χ0n) is 11.1. The molecule has 0 N–H and O–H groups in total. The number of rotatable bonds is 2. The molecule has 1 unspecified atom stereocenters. The standard InChI is InChI=1S/C13H18N4O/c1-9-12(7-14)13(16(3)15-9)17-6-4-5-11(8-17)10(2)18/h11H,4-6,8H2,1-3H3. The highest BCUT2D eigenvalue weighted by molar-refractivity contribution is 5.79. The van der Waals surface area contributed by atoms with Crippen LogP contribution in [0.2, 0.25) is 0 Å². The monoisotopic (exact) mass is 246 g/mol. The van der Waals surface area contributed by atoms with E-state index in [0.717, 1.165) is 30.9 Å². The highest BCUT2D eigenvalue weighted by atomic mass is 16.1. The van der Waals surface area contributed by atoms with Crippen molar-refractivity contribution in [3.8, 4) is 6.07 Å². The van der Waals surface area contributed by atoms with Gasteiger partial charge in [-0.3, -0.25) is 9.48 Å². The van der Waals surface area contributed by atoms with Gasteiger partial charge in [-0.15, -0.1) is 0 Å². The summed E-state index contributed by atoms with van der Waals surface area (Å²) in [4.78, 5) is 13.6. The van der Waals surface area contributed by atoms with Gasteiger partial charge in [0.1, 0.15) is 23.2 Å². The largest absolute Gasteiger partial charge is 0.355 e. The molecule has 0 saturated carbocycles. The Hall–Kier alpha value is -1.83. The van der Waals surface area contributed by atoms with Crippen molar-refractivity contribution in [1.82, 2.24) is 9.78 Å². The summed E-state index contributed by atoms with van der Waals surface area (Å²) >= 11 is 0. The molecular weight excluding hydrogens is 228 g/mol. The van der Waals surface area contributed by atoms with Crippen molar-refractivity contribution in [1.29, 1.82) is 5.26 Å². The lowest BCUT2D eigenvalue weighted by Crippen LogP contribution is -2.39. The van der Waals surface area contributed by atoms with Crippen molar-refractivity contribution in [2.24, 2.45) is 13.0 Å². The topological polar surface area (TPSA) is 61.9 Å². The quantitative estimate of drug-likeness (QED) is 0.791. The molecule has 0 aliphatic carbocycles. The van der Waals surface area contributed by atoms with Gasteiger partial charge >= 0.3 is 0 Å². The summed E-state index contributed by atoms with van der Waals surface area (Å²) in [6, 6.07) is 2.22. The van der Waals surface area contributed by atoms with Gasteiger partial charge in [-0.1, -0.05) is 0 Å². The maximum atomic E-state index is 11.5. The van der Waals surface area contributed by atoms with Crippen molar-refractivity contribution < 1.29 is 4.79 Å². The fourth-order valence-corrected chi connectivity index (χ4v) is 2.64. The van der Waals surface area contributed by atoms with Gasteiger partial charge in [-0.25, -0.2) is 0 Å². The molecular formula is C13H18N4O. The first-order valence-corrected chi connectivity index (χ1v) is 6.23. The lowest BCUT2D eigenvalue weighted by atomic mass is 9.94. The molecule has 1 saturated heterocycles. The van der Waals surface area contributed by atoms with E-state index in [2.05, 4.69) is 16.1 Å². The van der Waals surface area contributed by atoms with Crippen LogP contribution in [0.3, 0.4) is 0 Å². The highest BCUT2D eigenvalue weighted by Gasteiger charge is 2.27. The number of nitriles is 1. The second-order valence-electron chi connectivity index (χ2n) is 4.92. The van der Waals surface area contributed by atoms with E-state index in [1.807, 2.05) is 14.0 Å². The minimum atomic E-state index is 0.0838. The molecule has 1 aliphatic heterocycles. The lowest BCUT2D eigenvalue weighted by molar-refractivity contribution is -0.120. The molecule has 0 radical (unpaired) electrons. The molecule has 0 bridgehead atoms. The number of carbonyl (C=O) groups excluding carboxylic acids is 1. The first-order chi connectivity index (χ1) is 8.54. The molecule has 2 rings (SSSR count). The first-order valence-electron chi connectivity index (χ1n) is 6.23. The lowest BCUT2D eigenvalue weighted by Gasteiger charge is -2.33. The summed E-state index contributed by atoms with van der Waals surface area (Å²) < 4.78 is 1.75. The molecule has 2 heterocycles. The minimum absolute atomic E-state index is 0.0838. The van der Waals surface area contributed by atoms with Crippen LogP contribution in [0.15, 0.2) is 0 Å². The molecule has 96 valence electrons. The Morgan fingerprint density at radius 3 is 2.89 bits per heavy atom. The third-order valence-electron chi connectivity index (χ3n) is 3.60. The fraction of sp³-hybridized carbons (Fsp3) is 0.615. The Balaban J connectivity index is 2.32. The van der Waals surface area contributed by atoms with Crippen LogP contribution in [0.5, 0.6) is 0 Å². The average Bonchev–Trinajstić information content (AvgIpc) is 2.63. The summed E-state index contributed by atoms with van der Waals surface area (Å²) in [5, 5.41) is 13.5. The molecule has 5 nitrogen and oxygen atoms in total. The number of aryl methyl sites for hydroxylation is 2. The maximum Gasteiger partial charge on any atom is 0.144 e. The Bertz CT molecular complexity index is 512. The number of aromatic nitrogens is 2. The van der Waals surface area contributed by atoms with Crippen LogP contribution in [0.1, 0.15) is 31.0 Å². The van der Waals surface area contributed by atoms with Gasteiger partial charge in [-0.2, -0.15) is 10.4 Å². The molecule has 0 spiro atoms. The predicted octanol–water partition coefficient (Wildman–Crippen LogP) is 1.41. The number of piperidine rings is 1. The molecule has 1 aromatic rings. The second-order valence-corrected chi connectivity index (χ2v) is 4.92. The fourth-order valence-electron chi connectivity index (χ4n) is 2.64. The molecule has 0 aromatic carbocycles. The van der Waals surface area contributed by atoms with Gasteiger partial charge in [0, 0.05) is 26.1 Å². The Morgan fingerprint density at radius 1 is 1.56 bits per heavy atom. The highest BCUT2D eigenvalue weighted by Crippen LogP contribution is 2.27. The van der Waals surface area contributed by atoms with Gasteiger partial charge in [0.2, 0.25) is 0 Å². The number of nitrogens with zero attached hydrogens (tertiary/aromatic N) is 4. The summed E-state index contributed by atoms with van der Waals surface area (Å²) in [6.07, 6.45) is 1.93. The van der Waals surface area contributed by atoms with Gasteiger partial charge in [0.05, 0.1) is 5.69 Å². The van der Waals surface area contributed by atoms with E-state index in [-0.39, 0.29) is 11.7 Å². The average molecular weight is 246 g/mol. The van der Waals surface area contributed by atoms with Crippen LogP contribution in [0.4, 0.5) is 5.82 Å². The van der Waals surface area contributed by atoms with E-state index >= 15 is 0 Å². The molecule has 0 amide bonds. The molecule has 18 heavy (non-hydrogen) atoms. The number of Topliss-reactive ketones (excluding diaryl/α,β-unsaturated/α-hetero) is 1. The van der Waals surface area contributed by atoms with Crippen LogP contribution < -0.4 is 4.90 Å². The van der Waals surface area contributed by atoms with Crippen molar-refractivity contribution in [2.75, 3.05) is 18.0 Å². The van der Waals surface area contributed by atoms with Crippen molar-refractivity contribution in [3.63, 3.8) is 0 Å². The van der Waals surface area contributed by atoms with E-state index in [1.165, 1.54) is 0 Å². The van der Waals surface area contributed by atoms with E-state index < -0.39 is 0 Å². The second kappa shape index (κ2) is 4.81. The van der Waals surface area contributed by atoms with Crippen molar-refractivity contribution in [2.45, 2.75) is 26.7 Å². The van der Waals surface area contributed by atoms with Gasteiger partial charge < -0.3 is 4.90 Å². The van der Waals surface area contributed by atoms with E-state index in [4.69, 9.17) is 0 Å². The molecule has 1 fully saturated rings. The van der Waals surface area contributed by atoms with Crippen LogP contribution in [0, 0.1) is 24.2 Å². The maximum absolute atomic E-state index is 11.5.